The number of aromatic nitrogens is 3. The third-order valence-electron chi connectivity index (χ3n) is 4.36. The van der Waals surface area contributed by atoms with Gasteiger partial charge in [0.25, 0.3) is 0 Å². The molecule has 0 atom stereocenters. The zero-order chi connectivity index (χ0) is 14.8. The van der Waals surface area contributed by atoms with Crippen LogP contribution in [0.1, 0.15) is 28.8 Å². The van der Waals surface area contributed by atoms with Crippen LogP contribution in [0.15, 0.2) is 66.9 Å². The standard InChI is InChI=1S/C18H18N4/c1-3-7-14(8-4-1)18(15-9-5-2-6-10-15)22-12-16(13-22)17-11-19-21-20-17/h1-11,16,18H,12-13H2,(H,19,20,21). The van der Waals surface area contributed by atoms with E-state index in [4.69, 9.17) is 0 Å². The molecule has 1 aliphatic heterocycles. The van der Waals surface area contributed by atoms with Crippen molar-refractivity contribution in [1.82, 2.24) is 20.3 Å². The SMILES string of the molecule is c1ccc(C(c2ccccc2)N2CC(c3c[nH]nn3)C2)cc1. The molecule has 1 aliphatic rings. The van der Waals surface area contributed by atoms with Crippen LogP contribution in [0.25, 0.3) is 0 Å². The number of rotatable bonds is 4. The van der Waals surface area contributed by atoms with Crippen molar-refractivity contribution in [3.8, 4) is 0 Å². The molecule has 0 amide bonds. The van der Waals surface area contributed by atoms with Crippen molar-refractivity contribution in [3.63, 3.8) is 0 Å². The molecule has 3 aromatic rings. The molecule has 2 aromatic carbocycles. The summed E-state index contributed by atoms with van der Waals surface area (Å²) < 4.78 is 0. The van der Waals surface area contributed by atoms with E-state index < -0.39 is 0 Å². The fraction of sp³-hybridized carbons (Fsp3) is 0.222. The average molecular weight is 290 g/mol. The summed E-state index contributed by atoms with van der Waals surface area (Å²) in [5, 5.41) is 10.8. The van der Waals surface area contributed by atoms with Crippen molar-refractivity contribution in [1.29, 1.82) is 0 Å². The molecule has 0 unspecified atom stereocenters. The summed E-state index contributed by atoms with van der Waals surface area (Å²) in [6.45, 7) is 2.03. The molecule has 1 fully saturated rings. The van der Waals surface area contributed by atoms with Crippen molar-refractivity contribution in [3.05, 3.63) is 83.7 Å². The molecule has 1 aromatic heterocycles. The number of nitrogens with one attached hydrogen (secondary N) is 1. The van der Waals surface area contributed by atoms with E-state index >= 15 is 0 Å². The normalized spacial score (nSPS) is 15.9. The molecule has 1 N–H and O–H groups in total. The molecule has 0 bridgehead atoms. The average Bonchev–Trinajstić information content (AvgIpc) is 3.06. The van der Waals surface area contributed by atoms with Gasteiger partial charge in [-0.2, -0.15) is 0 Å². The van der Waals surface area contributed by atoms with Crippen LogP contribution in [-0.4, -0.2) is 33.4 Å². The van der Waals surface area contributed by atoms with Crippen molar-refractivity contribution in [2.24, 2.45) is 0 Å². The predicted octanol–water partition coefficient (Wildman–Crippen LogP) is 2.99. The quantitative estimate of drug-likeness (QED) is 0.803. The summed E-state index contributed by atoms with van der Waals surface area (Å²) in [5.41, 5.74) is 3.75. The number of benzene rings is 2. The van der Waals surface area contributed by atoms with E-state index in [0.717, 1.165) is 18.8 Å². The molecule has 1 saturated heterocycles. The molecule has 0 spiro atoms. The van der Waals surface area contributed by atoms with Gasteiger partial charge in [0.1, 0.15) is 0 Å². The third-order valence-corrected chi connectivity index (χ3v) is 4.36. The van der Waals surface area contributed by atoms with Crippen LogP contribution < -0.4 is 0 Å². The van der Waals surface area contributed by atoms with Gasteiger partial charge in [-0.1, -0.05) is 65.9 Å². The number of hydrogen-bond donors (Lipinski definition) is 1. The second-order valence-electron chi connectivity index (χ2n) is 5.77. The molecular weight excluding hydrogens is 272 g/mol. The van der Waals surface area contributed by atoms with E-state index in [2.05, 4.69) is 81.0 Å². The minimum Gasteiger partial charge on any atom is -0.291 e. The van der Waals surface area contributed by atoms with E-state index in [1.807, 2.05) is 6.20 Å². The van der Waals surface area contributed by atoms with Gasteiger partial charge in [0, 0.05) is 25.2 Å². The number of nitrogens with zero attached hydrogens (tertiary/aromatic N) is 3. The number of aromatic amines is 1. The van der Waals surface area contributed by atoms with Crippen LogP contribution in [0.4, 0.5) is 0 Å². The zero-order valence-corrected chi connectivity index (χ0v) is 12.3. The highest BCUT2D eigenvalue weighted by Gasteiger charge is 2.35. The molecule has 4 heteroatoms. The molecule has 4 nitrogen and oxygen atoms in total. The lowest BCUT2D eigenvalue weighted by atomic mass is 9.89. The van der Waals surface area contributed by atoms with Gasteiger partial charge in [0.2, 0.25) is 0 Å². The molecule has 2 heterocycles. The molecule has 4 rings (SSSR count). The van der Waals surface area contributed by atoms with Crippen LogP contribution in [-0.2, 0) is 0 Å². The first-order valence-corrected chi connectivity index (χ1v) is 7.62. The Morgan fingerprint density at radius 3 is 2.00 bits per heavy atom. The van der Waals surface area contributed by atoms with Gasteiger partial charge in [-0.15, -0.1) is 5.10 Å². The second kappa shape index (κ2) is 5.73. The Balaban J connectivity index is 1.60. The van der Waals surface area contributed by atoms with Gasteiger partial charge in [-0.05, 0) is 11.1 Å². The maximum atomic E-state index is 4.15. The second-order valence-corrected chi connectivity index (χ2v) is 5.77. The lowest BCUT2D eigenvalue weighted by molar-refractivity contribution is 0.109. The van der Waals surface area contributed by atoms with Gasteiger partial charge in [0.05, 0.1) is 11.7 Å². The van der Waals surface area contributed by atoms with E-state index in [9.17, 15) is 0 Å². The summed E-state index contributed by atoms with van der Waals surface area (Å²) in [6, 6.07) is 21.7. The molecule has 110 valence electrons. The van der Waals surface area contributed by atoms with E-state index in [1.165, 1.54) is 11.1 Å². The van der Waals surface area contributed by atoms with Crippen LogP contribution in [0.2, 0.25) is 0 Å². The fourth-order valence-electron chi connectivity index (χ4n) is 3.21. The van der Waals surface area contributed by atoms with Gasteiger partial charge >= 0.3 is 0 Å². The van der Waals surface area contributed by atoms with E-state index in [-0.39, 0.29) is 0 Å². The molecule has 0 radical (unpaired) electrons. The van der Waals surface area contributed by atoms with Crippen LogP contribution >= 0.6 is 0 Å². The first kappa shape index (κ1) is 13.2. The lowest BCUT2D eigenvalue weighted by Crippen LogP contribution is -2.47. The van der Waals surface area contributed by atoms with E-state index in [0.29, 0.717) is 12.0 Å². The smallest absolute Gasteiger partial charge is 0.0880 e. The highest BCUT2D eigenvalue weighted by atomic mass is 15.3. The van der Waals surface area contributed by atoms with Crippen molar-refractivity contribution >= 4 is 0 Å². The Hall–Kier alpha value is -2.46. The summed E-state index contributed by atoms with van der Waals surface area (Å²) in [7, 11) is 0. The van der Waals surface area contributed by atoms with Crippen molar-refractivity contribution in [2.75, 3.05) is 13.1 Å². The number of H-pyrrole nitrogens is 1. The Bertz CT molecular complexity index is 664. The molecular formula is C18H18N4. The zero-order valence-electron chi connectivity index (χ0n) is 12.3. The Morgan fingerprint density at radius 2 is 1.50 bits per heavy atom. The first-order chi connectivity index (χ1) is 10.9. The fourth-order valence-corrected chi connectivity index (χ4v) is 3.21. The summed E-state index contributed by atoms with van der Waals surface area (Å²) in [6.07, 6.45) is 1.90. The predicted molar refractivity (Wildman–Crippen MR) is 85.4 cm³/mol. The summed E-state index contributed by atoms with van der Waals surface area (Å²) in [4.78, 5) is 2.50. The van der Waals surface area contributed by atoms with Crippen LogP contribution in [0.3, 0.4) is 0 Å². The van der Waals surface area contributed by atoms with Gasteiger partial charge < -0.3 is 0 Å². The molecule has 22 heavy (non-hydrogen) atoms. The largest absolute Gasteiger partial charge is 0.291 e. The maximum Gasteiger partial charge on any atom is 0.0880 e. The third kappa shape index (κ3) is 2.42. The molecule has 0 saturated carbocycles. The number of likely N-dealkylation sites (tertiary alicyclic amines) is 1. The highest BCUT2D eigenvalue weighted by molar-refractivity contribution is 5.33. The maximum absolute atomic E-state index is 4.15. The van der Waals surface area contributed by atoms with Crippen molar-refractivity contribution in [2.45, 2.75) is 12.0 Å². The monoisotopic (exact) mass is 290 g/mol. The highest BCUT2D eigenvalue weighted by Crippen LogP contribution is 2.37. The van der Waals surface area contributed by atoms with Crippen LogP contribution in [0, 0.1) is 0 Å². The van der Waals surface area contributed by atoms with Crippen LogP contribution in [0.5, 0.6) is 0 Å². The molecule has 0 aliphatic carbocycles. The Kier molecular flexibility index (Phi) is 3.45. The lowest BCUT2D eigenvalue weighted by Gasteiger charge is -2.44. The topological polar surface area (TPSA) is 44.8 Å². The van der Waals surface area contributed by atoms with E-state index in [1.54, 1.807) is 0 Å². The summed E-state index contributed by atoms with van der Waals surface area (Å²) in [5.74, 6) is 0.480. The Morgan fingerprint density at radius 1 is 0.909 bits per heavy atom. The summed E-state index contributed by atoms with van der Waals surface area (Å²) >= 11 is 0. The Labute approximate surface area is 129 Å². The van der Waals surface area contributed by atoms with Gasteiger partial charge in [0.15, 0.2) is 0 Å². The minimum atomic E-state index is 0.311. The van der Waals surface area contributed by atoms with Gasteiger partial charge in [-0.25, -0.2) is 0 Å². The number of hydrogen-bond acceptors (Lipinski definition) is 3. The minimum absolute atomic E-state index is 0.311. The first-order valence-electron chi connectivity index (χ1n) is 7.62. The van der Waals surface area contributed by atoms with Gasteiger partial charge in [-0.3, -0.25) is 10.00 Å². The van der Waals surface area contributed by atoms with Crippen molar-refractivity contribution < 1.29 is 0 Å².